The summed E-state index contributed by atoms with van der Waals surface area (Å²) in [6.45, 7) is -2.44. The van der Waals surface area contributed by atoms with Crippen molar-refractivity contribution in [1.82, 2.24) is 5.32 Å². The van der Waals surface area contributed by atoms with Crippen LogP contribution in [-0.2, 0) is 0 Å². The van der Waals surface area contributed by atoms with Crippen LogP contribution in [0.3, 0.4) is 0 Å². The number of alkyl halides is 3. The number of carbonyl (C=O) groups excluding carboxylic acids is 1. The largest absolute Gasteiger partial charge is 0.434 e. The molecule has 3 nitrogen and oxygen atoms in total. The molecule has 0 saturated heterocycles. The van der Waals surface area contributed by atoms with Gasteiger partial charge in [0, 0.05) is 11.0 Å². The molecule has 1 aromatic rings. The third-order valence-electron chi connectivity index (χ3n) is 1.73. The van der Waals surface area contributed by atoms with Crippen molar-refractivity contribution in [2.45, 2.75) is 6.61 Å². The Balaban J connectivity index is 2.81. The summed E-state index contributed by atoms with van der Waals surface area (Å²) in [6.07, 6.45) is 0. The van der Waals surface area contributed by atoms with E-state index in [-0.39, 0.29) is 11.3 Å². The van der Waals surface area contributed by atoms with Gasteiger partial charge in [-0.15, -0.1) is 0 Å². The van der Waals surface area contributed by atoms with E-state index in [4.69, 9.17) is 0 Å². The van der Waals surface area contributed by atoms with Crippen molar-refractivity contribution >= 4 is 28.5 Å². The molecule has 6 heteroatoms. The molecule has 0 atom stereocenters. The van der Waals surface area contributed by atoms with E-state index in [1.165, 1.54) is 18.2 Å². The molecule has 0 aromatic heterocycles. The number of ether oxygens (including phenoxy) is 1. The minimum atomic E-state index is -2.93. The lowest BCUT2D eigenvalue weighted by Gasteiger charge is -2.09. The third kappa shape index (κ3) is 3.92. The minimum absolute atomic E-state index is 0.108. The van der Waals surface area contributed by atoms with Crippen LogP contribution in [0, 0.1) is 0 Å². The molecule has 1 amide bonds. The summed E-state index contributed by atoms with van der Waals surface area (Å²) in [5.74, 6) is -0.517. The van der Waals surface area contributed by atoms with Crippen molar-refractivity contribution in [3.8, 4) is 5.75 Å². The highest BCUT2D eigenvalue weighted by atomic mass is 127. The van der Waals surface area contributed by atoms with Gasteiger partial charge in [0.05, 0.1) is 5.56 Å². The maximum absolute atomic E-state index is 12.1. The Morgan fingerprint density at radius 2 is 2.12 bits per heavy atom. The number of hydrogen-bond acceptors (Lipinski definition) is 2. The molecule has 0 aliphatic carbocycles. The Morgan fingerprint density at radius 1 is 1.44 bits per heavy atom. The van der Waals surface area contributed by atoms with E-state index in [2.05, 4.69) is 32.6 Å². The quantitative estimate of drug-likeness (QED) is 0.660. The van der Waals surface area contributed by atoms with Gasteiger partial charge in [0.15, 0.2) is 0 Å². The highest BCUT2D eigenvalue weighted by Gasteiger charge is 2.14. The number of para-hydroxylation sites is 1. The SMILES string of the molecule is O=C(NCCI)c1ccccc1OC(F)F. The van der Waals surface area contributed by atoms with Crippen LogP contribution in [0.4, 0.5) is 8.78 Å². The summed E-state index contributed by atoms with van der Waals surface area (Å²) in [5.41, 5.74) is 0.118. The predicted octanol–water partition coefficient (Wildman–Crippen LogP) is 2.45. The maximum Gasteiger partial charge on any atom is 0.387 e. The fourth-order valence-corrected chi connectivity index (χ4v) is 1.38. The molecule has 16 heavy (non-hydrogen) atoms. The Hall–Kier alpha value is -0.920. The first-order valence-electron chi connectivity index (χ1n) is 4.53. The molecule has 88 valence electrons. The molecule has 1 aromatic carbocycles. The Morgan fingerprint density at radius 3 is 2.75 bits per heavy atom. The zero-order valence-corrected chi connectivity index (χ0v) is 10.4. The molecule has 0 heterocycles. The van der Waals surface area contributed by atoms with Gasteiger partial charge >= 0.3 is 6.61 Å². The van der Waals surface area contributed by atoms with E-state index in [0.717, 1.165) is 4.43 Å². The molecule has 0 saturated carbocycles. The number of benzene rings is 1. The van der Waals surface area contributed by atoms with Crippen molar-refractivity contribution in [1.29, 1.82) is 0 Å². The number of rotatable bonds is 5. The average Bonchev–Trinajstić information content (AvgIpc) is 2.26. The summed E-state index contributed by atoms with van der Waals surface area (Å²) < 4.78 is 29.1. The summed E-state index contributed by atoms with van der Waals surface area (Å²) in [4.78, 5) is 11.6. The normalized spacial score (nSPS) is 10.2. The Labute approximate surface area is 105 Å². The zero-order valence-electron chi connectivity index (χ0n) is 8.25. The molecular formula is C10H10F2INO2. The van der Waals surface area contributed by atoms with Crippen LogP contribution in [0.25, 0.3) is 0 Å². The lowest BCUT2D eigenvalue weighted by Crippen LogP contribution is -2.25. The first-order chi connectivity index (χ1) is 7.65. The second kappa shape index (κ2) is 6.62. The summed E-state index contributed by atoms with van der Waals surface area (Å²) in [6, 6.07) is 5.91. The van der Waals surface area contributed by atoms with Gasteiger partial charge in [-0.25, -0.2) is 0 Å². The van der Waals surface area contributed by atoms with Crippen LogP contribution in [0.2, 0.25) is 0 Å². The molecule has 0 radical (unpaired) electrons. The maximum atomic E-state index is 12.1. The molecule has 0 bridgehead atoms. The van der Waals surface area contributed by atoms with Crippen molar-refractivity contribution in [3.05, 3.63) is 29.8 Å². The van der Waals surface area contributed by atoms with Crippen LogP contribution < -0.4 is 10.1 Å². The highest BCUT2D eigenvalue weighted by Crippen LogP contribution is 2.19. The van der Waals surface area contributed by atoms with Gasteiger partial charge in [-0.05, 0) is 12.1 Å². The standard InChI is InChI=1S/C10H10F2INO2/c11-10(12)16-8-4-2-1-3-7(8)9(15)14-6-5-13/h1-4,10H,5-6H2,(H,14,15). The Kier molecular flexibility index (Phi) is 5.44. The molecule has 1 N–H and O–H groups in total. The molecule has 0 unspecified atom stereocenters. The summed E-state index contributed by atoms with van der Waals surface area (Å²) in [7, 11) is 0. The summed E-state index contributed by atoms with van der Waals surface area (Å²) >= 11 is 2.10. The fourth-order valence-electron chi connectivity index (χ4n) is 1.11. The van der Waals surface area contributed by atoms with Gasteiger partial charge in [-0.3, -0.25) is 4.79 Å². The van der Waals surface area contributed by atoms with Gasteiger partial charge < -0.3 is 10.1 Å². The van der Waals surface area contributed by atoms with Crippen molar-refractivity contribution in [3.63, 3.8) is 0 Å². The third-order valence-corrected chi connectivity index (χ3v) is 2.27. The summed E-state index contributed by atoms with van der Waals surface area (Å²) in [5, 5.41) is 2.59. The highest BCUT2D eigenvalue weighted by molar-refractivity contribution is 14.1. The fraction of sp³-hybridized carbons (Fsp3) is 0.300. The van der Waals surface area contributed by atoms with Gasteiger partial charge in [0.1, 0.15) is 5.75 Å². The van der Waals surface area contributed by atoms with Crippen LogP contribution in [0.5, 0.6) is 5.75 Å². The van der Waals surface area contributed by atoms with Gasteiger partial charge in [0.2, 0.25) is 0 Å². The Bertz CT molecular complexity index is 360. The van der Waals surface area contributed by atoms with E-state index >= 15 is 0 Å². The van der Waals surface area contributed by atoms with Gasteiger partial charge in [-0.1, -0.05) is 34.7 Å². The second-order valence-corrected chi connectivity index (χ2v) is 3.90. The predicted molar refractivity (Wildman–Crippen MR) is 64.3 cm³/mol. The molecule has 0 fully saturated rings. The first-order valence-corrected chi connectivity index (χ1v) is 6.05. The first kappa shape index (κ1) is 13.1. The second-order valence-electron chi connectivity index (χ2n) is 2.82. The van der Waals surface area contributed by atoms with E-state index in [0.29, 0.717) is 6.54 Å². The van der Waals surface area contributed by atoms with E-state index in [1.54, 1.807) is 6.07 Å². The van der Waals surface area contributed by atoms with Gasteiger partial charge in [0.25, 0.3) is 5.91 Å². The average molecular weight is 341 g/mol. The number of carbonyl (C=O) groups is 1. The van der Waals surface area contributed by atoms with Crippen molar-refractivity contribution < 1.29 is 18.3 Å². The molecule has 0 aliphatic rings. The molecule has 0 spiro atoms. The van der Waals surface area contributed by atoms with Crippen LogP contribution in [0.1, 0.15) is 10.4 Å². The van der Waals surface area contributed by atoms with Crippen LogP contribution >= 0.6 is 22.6 Å². The number of halogens is 3. The molecule has 0 aliphatic heterocycles. The monoisotopic (exact) mass is 341 g/mol. The van der Waals surface area contributed by atoms with Crippen LogP contribution in [0.15, 0.2) is 24.3 Å². The van der Waals surface area contributed by atoms with Crippen molar-refractivity contribution in [2.24, 2.45) is 0 Å². The van der Waals surface area contributed by atoms with Gasteiger partial charge in [-0.2, -0.15) is 8.78 Å². The lowest BCUT2D eigenvalue weighted by molar-refractivity contribution is -0.0501. The molecular weight excluding hydrogens is 331 g/mol. The van der Waals surface area contributed by atoms with Crippen molar-refractivity contribution in [2.75, 3.05) is 11.0 Å². The topological polar surface area (TPSA) is 38.3 Å². The lowest BCUT2D eigenvalue weighted by atomic mass is 10.2. The number of amides is 1. The van der Waals surface area contributed by atoms with Crippen LogP contribution in [-0.4, -0.2) is 23.5 Å². The smallest absolute Gasteiger partial charge is 0.387 e. The van der Waals surface area contributed by atoms with E-state index in [9.17, 15) is 13.6 Å². The molecule has 1 rings (SSSR count). The van der Waals surface area contributed by atoms with E-state index < -0.39 is 12.5 Å². The number of hydrogen-bond donors (Lipinski definition) is 1. The van der Waals surface area contributed by atoms with E-state index in [1.807, 2.05) is 0 Å². The zero-order chi connectivity index (χ0) is 12.0. The number of nitrogens with one attached hydrogen (secondary N) is 1. The minimum Gasteiger partial charge on any atom is -0.434 e.